The highest BCUT2D eigenvalue weighted by Gasteiger charge is 2.40. The Morgan fingerprint density at radius 3 is 2.58 bits per heavy atom. The lowest BCUT2D eigenvalue weighted by molar-refractivity contribution is -0.00317. The van der Waals surface area contributed by atoms with Gasteiger partial charge in [0.05, 0.1) is 16.8 Å². The Morgan fingerprint density at radius 1 is 1.26 bits per heavy atom. The van der Waals surface area contributed by atoms with Gasteiger partial charge in [0.2, 0.25) is 0 Å². The highest BCUT2D eigenvalue weighted by atomic mass is 35.5. The van der Waals surface area contributed by atoms with Crippen LogP contribution < -0.4 is 5.32 Å². The van der Waals surface area contributed by atoms with Crippen molar-refractivity contribution < 1.29 is 5.11 Å². The molecule has 0 spiro atoms. The van der Waals surface area contributed by atoms with E-state index in [9.17, 15) is 5.11 Å². The number of rotatable bonds is 3. The minimum absolute atomic E-state index is 0.111. The summed E-state index contributed by atoms with van der Waals surface area (Å²) in [5.41, 5.74) is 1.29. The second kappa shape index (κ2) is 5.34. The molecule has 0 aliphatic heterocycles. The van der Waals surface area contributed by atoms with Crippen LogP contribution in [0, 0.1) is 10.8 Å². The predicted octanol–water partition coefficient (Wildman–Crippen LogP) is 4.33. The molecule has 106 valence electrons. The minimum Gasteiger partial charge on any atom is -0.393 e. The van der Waals surface area contributed by atoms with Gasteiger partial charge in [-0.05, 0) is 42.2 Å². The molecule has 2 unspecified atom stereocenters. The van der Waals surface area contributed by atoms with Gasteiger partial charge in [0, 0.05) is 6.54 Å². The molecule has 2 nitrogen and oxygen atoms in total. The molecule has 2 atom stereocenters. The summed E-state index contributed by atoms with van der Waals surface area (Å²) in [7, 11) is 0. The van der Waals surface area contributed by atoms with Crippen molar-refractivity contribution in [2.24, 2.45) is 10.8 Å². The number of hydrogen-bond acceptors (Lipinski definition) is 2. The predicted molar refractivity (Wildman–Crippen MR) is 81.7 cm³/mol. The first kappa shape index (κ1) is 14.7. The van der Waals surface area contributed by atoms with Gasteiger partial charge < -0.3 is 10.4 Å². The first-order valence-corrected chi connectivity index (χ1v) is 7.34. The van der Waals surface area contributed by atoms with Gasteiger partial charge in [-0.2, -0.15) is 0 Å². The Labute approximate surface area is 121 Å². The smallest absolute Gasteiger partial charge is 0.0637 e. The second-order valence-electron chi connectivity index (χ2n) is 7.05. The van der Waals surface area contributed by atoms with Crippen molar-refractivity contribution in [2.75, 3.05) is 11.9 Å². The molecule has 2 N–H and O–H groups in total. The van der Waals surface area contributed by atoms with Crippen LogP contribution in [-0.4, -0.2) is 17.8 Å². The number of benzene rings is 1. The molecule has 2 rings (SSSR count). The van der Waals surface area contributed by atoms with E-state index < -0.39 is 0 Å². The largest absolute Gasteiger partial charge is 0.393 e. The van der Waals surface area contributed by atoms with Crippen molar-refractivity contribution in [1.29, 1.82) is 0 Å². The van der Waals surface area contributed by atoms with Gasteiger partial charge in [-0.25, -0.2) is 0 Å². The molecule has 0 aromatic heterocycles. The van der Waals surface area contributed by atoms with Crippen LogP contribution in [0.3, 0.4) is 0 Å². The molecule has 1 aromatic rings. The zero-order valence-electron chi connectivity index (χ0n) is 12.0. The molecule has 3 heteroatoms. The molecule has 0 saturated heterocycles. The van der Waals surface area contributed by atoms with Gasteiger partial charge in [0.1, 0.15) is 0 Å². The van der Waals surface area contributed by atoms with Crippen LogP contribution >= 0.6 is 11.6 Å². The van der Waals surface area contributed by atoms with Crippen LogP contribution in [0.2, 0.25) is 5.02 Å². The van der Waals surface area contributed by atoms with Gasteiger partial charge in [0.25, 0.3) is 0 Å². The number of anilines is 1. The van der Waals surface area contributed by atoms with E-state index in [0.29, 0.717) is 0 Å². The number of para-hydroxylation sites is 1. The topological polar surface area (TPSA) is 32.3 Å². The molecule has 0 bridgehead atoms. The summed E-state index contributed by atoms with van der Waals surface area (Å²) in [5.74, 6) is 0. The Hall–Kier alpha value is -0.730. The molecular weight excluding hydrogens is 258 g/mol. The molecule has 0 radical (unpaired) electrons. The van der Waals surface area contributed by atoms with Crippen molar-refractivity contribution in [3.63, 3.8) is 0 Å². The van der Waals surface area contributed by atoms with Gasteiger partial charge in [-0.1, -0.05) is 44.5 Å². The lowest BCUT2D eigenvalue weighted by atomic mass is 9.63. The fourth-order valence-corrected chi connectivity index (χ4v) is 3.83. The summed E-state index contributed by atoms with van der Waals surface area (Å²) >= 11 is 6.16. The van der Waals surface area contributed by atoms with Crippen LogP contribution in [0.5, 0.6) is 0 Å². The van der Waals surface area contributed by atoms with Gasteiger partial charge in [-0.3, -0.25) is 0 Å². The van der Waals surface area contributed by atoms with Crippen LogP contribution in [0.4, 0.5) is 5.69 Å². The quantitative estimate of drug-likeness (QED) is 0.864. The third-order valence-electron chi connectivity index (χ3n) is 4.00. The highest BCUT2D eigenvalue weighted by Crippen LogP contribution is 2.46. The Bertz CT molecular complexity index is 446. The average Bonchev–Trinajstić information content (AvgIpc) is 2.24. The van der Waals surface area contributed by atoms with Crippen molar-refractivity contribution in [2.45, 2.75) is 46.1 Å². The van der Waals surface area contributed by atoms with Crippen LogP contribution in [0.25, 0.3) is 0 Å². The summed E-state index contributed by atoms with van der Waals surface area (Å²) in [4.78, 5) is 0. The van der Waals surface area contributed by atoms with Crippen LogP contribution in [-0.2, 0) is 0 Å². The maximum Gasteiger partial charge on any atom is 0.0637 e. The first-order valence-electron chi connectivity index (χ1n) is 6.96. The zero-order chi connectivity index (χ0) is 14.1. The number of aliphatic hydroxyl groups is 1. The number of nitrogens with one attached hydrogen (secondary N) is 1. The minimum atomic E-state index is -0.193. The van der Waals surface area contributed by atoms with Crippen LogP contribution in [0.1, 0.15) is 40.0 Å². The molecule has 1 saturated carbocycles. The Balaban J connectivity index is 2.03. The second-order valence-corrected chi connectivity index (χ2v) is 7.45. The van der Waals surface area contributed by atoms with Gasteiger partial charge >= 0.3 is 0 Å². The molecule has 0 amide bonds. The van der Waals surface area contributed by atoms with E-state index in [-0.39, 0.29) is 16.9 Å². The standard InChI is InChI=1S/C16H24ClNO/c1-15(2)8-12(19)9-16(3,10-15)11-18-14-7-5-4-6-13(14)17/h4-7,12,18-19H,8-11H2,1-3H3. The molecule has 1 fully saturated rings. The monoisotopic (exact) mass is 281 g/mol. The van der Waals surface area contributed by atoms with E-state index >= 15 is 0 Å². The maximum absolute atomic E-state index is 10.1. The summed E-state index contributed by atoms with van der Waals surface area (Å²) in [6, 6.07) is 7.81. The number of aliphatic hydroxyl groups excluding tert-OH is 1. The fraction of sp³-hybridized carbons (Fsp3) is 0.625. The van der Waals surface area contributed by atoms with Gasteiger partial charge in [-0.15, -0.1) is 0 Å². The Kier molecular flexibility index (Phi) is 4.12. The number of halogens is 1. The third kappa shape index (κ3) is 3.87. The zero-order valence-corrected chi connectivity index (χ0v) is 12.8. The van der Waals surface area contributed by atoms with Crippen molar-refractivity contribution >= 4 is 17.3 Å². The van der Waals surface area contributed by atoms with Gasteiger partial charge in [0.15, 0.2) is 0 Å². The van der Waals surface area contributed by atoms with Crippen molar-refractivity contribution in [3.8, 4) is 0 Å². The van der Waals surface area contributed by atoms with E-state index in [2.05, 4.69) is 26.1 Å². The Morgan fingerprint density at radius 2 is 1.95 bits per heavy atom. The summed E-state index contributed by atoms with van der Waals surface area (Å²) in [6.07, 6.45) is 2.68. The molecule has 1 aliphatic carbocycles. The number of hydrogen-bond donors (Lipinski definition) is 2. The molecule has 1 aromatic carbocycles. The van der Waals surface area contributed by atoms with Crippen LogP contribution in [0.15, 0.2) is 24.3 Å². The lowest BCUT2D eigenvalue weighted by Gasteiger charge is -2.45. The van der Waals surface area contributed by atoms with E-state index in [1.807, 2.05) is 24.3 Å². The normalized spacial score (nSPS) is 30.1. The average molecular weight is 282 g/mol. The van der Waals surface area contributed by atoms with E-state index in [1.165, 1.54) is 0 Å². The van der Waals surface area contributed by atoms with E-state index in [1.54, 1.807) is 0 Å². The highest BCUT2D eigenvalue weighted by molar-refractivity contribution is 6.33. The maximum atomic E-state index is 10.1. The summed E-state index contributed by atoms with van der Waals surface area (Å²) in [6.45, 7) is 7.57. The third-order valence-corrected chi connectivity index (χ3v) is 4.33. The molecule has 0 heterocycles. The fourth-order valence-electron chi connectivity index (χ4n) is 3.63. The molecular formula is C16H24ClNO. The lowest BCUT2D eigenvalue weighted by Crippen LogP contribution is -2.42. The first-order chi connectivity index (χ1) is 8.80. The SMILES string of the molecule is CC1(C)CC(O)CC(C)(CNc2ccccc2Cl)C1. The molecule has 19 heavy (non-hydrogen) atoms. The van der Waals surface area contributed by atoms with Crippen molar-refractivity contribution in [3.05, 3.63) is 29.3 Å². The van der Waals surface area contributed by atoms with E-state index in [0.717, 1.165) is 36.5 Å². The molecule has 1 aliphatic rings. The summed E-state index contributed by atoms with van der Waals surface area (Å²) in [5, 5.41) is 14.3. The summed E-state index contributed by atoms with van der Waals surface area (Å²) < 4.78 is 0. The van der Waals surface area contributed by atoms with E-state index in [4.69, 9.17) is 11.6 Å². The van der Waals surface area contributed by atoms with Crippen molar-refractivity contribution in [1.82, 2.24) is 0 Å².